The summed E-state index contributed by atoms with van der Waals surface area (Å²) in [5.41, 5.74) is 1.15. The molecule has 0 N–H and O–H groups in total. The second-order valence-electron chi connectivity index (χ2n) is 4.87. The van der Waals surface area contributed by atoms with Gasteiger partial charge in [0.05, 0.1) is 6.54 Å². The minimum absolute atomic E-state index is 0.217. The van der Waals surface area contributed by atoms with Gasteiger partial charge in [-0.1, -0.05) is 6.07 Å². The van der Waals surface area contributed by atoms with Gasteiger partial charge >= 0.3 is 0 Å². The number of carbonyl (C=O) groups excluding carboxylic acids is 1. The monoisotopic (exact) mass is 262 g/mol. The Morgan fingerprint density at radius 2 is 2.05 bits per heavy atom. The van der Waals surface area contributed by atoms with Crippen LogP contribution in [0.5, 0.6) is 11.5 Å². The summed E-state index contributed by atoms with van der Waals surface area (Å²) < 4.78 is 10.7. The number of carbonyl (C=O) groups is 1. The van der Waals surface area contributed by atoms with E-state index in [9.17, 15) is 4.79 Å². The maximum Gasteiger partial charge on any atom is 0.236 e. The third kappa shape index (κ3) is 2.51. The highest BCUT2D eigenvalue weighted by Gasteiger charge is 2.23. The van der Waals surface area contributed by atoms with Crippen LogP contribution in [0.4, 0.5) is 0 Å². The van der Waals surface area contributed by atoms with E-state index >= 15 is 0 Å². The van der Waals surface area contributed by atoms with Crippen molar-refractivity contribution in [2.75, 3.05) is 33.0 Å². The Morgan fingerprint density at radius 3 is 2.84 bits per heavy atom. The topological polar surface area (TPSA) is 42.0 Å². The van der Waals surface area contributed by atoms with E-state index in [-0.39, 0.29) is 5.91 Å². The van der Waals surface area contributed by atoms with E-state index < -0.39 is 0 Å². The molecule has 2 aliphatic heterocycles. The average molecular weight is 262 g/mol. The first-order chi connectivity index (χ1) is 9.26. The van der Waals surface area contributed by atoms with Crippen molar-refractivity contribution in [2.45, 2.75) is 13.5 Å². The van der Waals surface area contributed by atoms with Gasteiger partial charge in [-0.05, 0) is 24.6 Å². The summed E-state index contributed by atoms with van der Waals surface area (Å²) in [5, 5.41) is 0. The average Bonchev–Trinajstić information content (AvgIpc) is 2.86. The molecule has 2 aliphatic rings. The first kappa shape index (κ1) is 12.3. The molecule has 1 aromatic rings. The van der Waals surface area contributed by atoms with E-state index in [1.54, 1.807) is 0 Å². The summed E-state index contributed by atoms with van der Waals surface area (Å²) >= 11 is 0. The summed E-state index contributed by atoms with van der Waals surface area (Å²) in [6, 6.07) is 5.96. The van der Waals surface area contributed by atoms with Crippen molar-refractivity contribution in [3.8, 4) is 11.5 Å². The lowest BCUT2D eigenvalue weighted by Gasteiger charge is -2.33. The van der Waals surface area contributed by atoms with Gasteiger partial charge in [-0.25, -0.2) is 0 Å². The predicted molar refractivity (Wildman–Crippen MR) is 70.1 cm³/mol. The Morgan fingerprint density at radius 1 is 1.21 bits per heavy atom. The predicted octanol–water partition coefficient (Wildman–Crippen LogP) is 1.08. The van der Waals surface area contributed by atoms with Crippen LogP contribution in [-0.2, 0) is 11.3 Å². The van der Waals surface area contributed by atoms with Gasteiger partial charge in [-0.15, -0.1) is 0 Å². The van der Waals surface area contributed by atoms with Gasteiger partial charge in [0.2, 0.25) is 12.7 Å². The van der Waals surface area contributed by atoms with Crippen molar-refractivity contribution >= 4 is 5.91 Å². The van der Waals surface area contributed by atoms with Gasteiger partial charge in [0, 0.05) is 26.2 Å². The Bertz CT molecular complexity index is 490. The summed E-state index contributed by atoms with van der Waals surface area (Å²) in [5.74, 6) is 1.82. The molecule has 0 radical (unpaired) electrons. The van der Waals surface area contributed by atoms with Crippen LogP contribution in [0, 0.1) is 0 Å². The second-order valence-corrected chi connectivity index (χ2v) is 4.87. The van der Waals surface area contributed by atoms with Gasteiger partial charge in [-0.3, -0.25) is 9.69 Å². The van der Waals surface area contributed by atoms with Crippen LogP contribution in [0.2, 0.25) is 0 Å². The summed E-state index contributed by atoms with van der Waals surface area (Å²) in [4.78, 5) is 15.9. The lowest BCUT2D eigenvalue weighted by molar-refractivity contribution is -0.135. The van der Waals surface area contributed by atoms with Gasteiger partial charge < -0.3 is 14.4 Å². The third-order valence-corrected chi connectivity index (χ3v) is 3.62. The fourth-order valence-corrected chi connectivity index (χ4v) is 2.52. The van der Waals surface area contributed by atoms with Crippen LogP contribution in [0.3, 0.4) is 0 Å². The number of benzene rings is 1. The van der Waals surface area contributed by atoms with Crippen molar-refractivity contribution in [1.82, 2.24) is 9.80 Å². The van der Waals surface area contributed by atoms with Crippen LogP contribution in [0.25, 0.3) is 0 Å². The first-order valence-electron chi connectivity index (χ1n) is 6.65. The maximum absolute atomic E-state index is 11.9. The van der Waals surface area contributed by atoms with Crippen molar-refractivity contribution < 1.29 is 14.3 Å². The summed E-state index contributed by atoms with van der Waals surface area (Å²) in [6.07, 6.45) is 0. The molecule has 1 amide bonds. The Hall–Kier alpha value is -1.75. The number of piperazine rings is 1. The molecular formula is C14H18N2O3. The number of hydrogen-bond donors (Lipinski definition) is 0. The van der Waals surface area contributed by atoms with E-state index in [0.29, 0.717) is 13.3 Å². The molecule has 5 nitrogen and oxygen atoms in total. The molecule has 102 valence electrons. The van der Waals surface area contributed by atoms with E-state index in [4.69, 9.17) is 9.47 Å². The van der Waals surface area contributed by atoms with Crippen molar-refractivity contribution in [3.63, 3.8) is 0 Å². The lowest BCUT2D eigenvalue weighted by Crippen LogP contribution is -2.49. The van der Waals surface area contributed by atoms with Crippen molar-refractivity contribution in [1.29, 1.82) is 0 Å². The number of likely N-dealkylation sites (N-methyl/N-ethyl adjacent to an activating group) is 1. The Balaban J connectivity index is 1.64. The molecule has 0 atom stereocenters. The highest BCUT2D eigenvalue weighted by molar-refractivity contribution is 5.78. The SMILES string of the molecule is CCN1CCN(Cc2ccc3c(c2)OCO3)CC1=O. The molecule has 2 heterocycles. The smallest absolute Gasteiger partial charge is 0.236 e. The fraction of sp³-hybridized carbons (Fsp3) is 0.500. The minimum Gasteiger partial charge on any atom is -0.454 e. The molecular weight excluding hydrogens is 244 g/mol. The van der Waals surface area contributed by atoms with Crippen LogP contribution in [-0.4, -0.2) is 48.7 Å². The highest BCUT2D eigenvalue weighted by Crippen LogP contribution is 2.32. The maximum atomic E-state index is 11.9. The normalized spacial score (nSPS) is 19.0. The van der Waals surface area contributed by atoms with Gasteiger partial charge in [0.25, 0.3) is 0 Å². The zero-order valence-corrected chi connectivity index (χ0v) is 11.1. The number of ether oxygens (including phenoxy) is 2. The molecule has 0 saturated carbocycles. The standard InChI is InChI=1S/C14H18N2O3/c1-2-16-6-5-15(9-14(16)17)8-11-3-4-12-13(7-11)19-10-18-12/h3-4,7H,2,5-6,8-10H2,1H3. The molecule has 0 unspecified atom stereocenters. The first-order valence-corrected chi connectivity index (χ1v) is 6.65. The molecule has 0 aliphatic carbocycles. The molecule has 1 aromatic carbocycles. The molecule has 19 heavy (non-hydrogen) atoms. The lowest BCUT2D eigenvalue weighted by atomic mass is 10.1. The number of fused-ring (bicyclic) bond motifs is 1. The second kappa shape index (κ2) is 5.09. The van der Waals surface area contributed by atoms with Gasteiger partial charge in [0.1, 0.15) is 0 Å². The van der Waals surface area contributed by atoms with Gasteiger partial charge in [0.15, 0.2) is 11.5 Å². The van der Waals surface area contributed by atoms with Crippen LogP contribution in [0.1, 0.15) is 12.5 Å². The van der Waals surface area contributed by atoms with E-state index in [1.165, 1.54) is 0 Å². The number of nitrogens with zero attached hydrogens (tertiary/aromatic N) is 2. The van der Waals surface area contributed by atoms with Crippen LogP contribution in [0.15, 0.2) is 18.2 Å². The molecule has 0 aromatic heterocycles. The zero-order valence-electron chi connectivity index (χ0n) is 11.1. The quantitative estimate of drug-likeness (QED) is 0.817. The zero-order chi connectivity index (χ0) is 13.2. The number of hydrogen-bond acceptors (Lipinski definition) is 4. The minimum atomic E-state index is 0.217. The molecule has 0 bridgehead atoms. The van der Waals surface area contributed by atoms with E-state index in [1.807, 2.05) is 30.0 Å². The molecule has 1 saturated heterocycles. The molecule has 5 heteroatoms. The number of rotatable bonds is 3. The number of amides is 1. The summed E-state index contributed by atoms with van der Waals surface area (Å²) in [7, 11) is 0. The van der Waals surface area contributed by atoms with Crippen molar-refractivity contribution in [2.24, 2.45) is 0 Å². The molecule has 1 fully saturated rings. The fourth-order valence-electron chi connectivity index (χ4n) is 2.52. The highest BCUT2D eigenvalue weighted by atomic mass is 16.7. The van der Waals surface area contributed by atoms with E-state index in [0.717, 1.165) is 43.2 Å². The van der Waals surface area contributed by atoms with Crippen molar-refractivity contribution in [3.05, 3.63) is 23.8 Å². The molecule has 0 spiro atoms. The Kier molecular flexibility index (Phi) is 3.29. The van der Waals surface area contributed by atoms with Crippen LogP contribution < -0.4 is 9.47 Å². The van der Waals surface area contributed by atoms with Gasteiger partial charge in [-0.2, -0.15) is 0 Å². The van der Waals surface area contributed by atoms with Crippen LogP contribution >= 0.6 is 0 Å². The largest absolute Gasteiger partial charge is 0.454 e. The summed E-state index contributed by atoms with van der Waals surface area (Å²) in [6.45, 7) is 6.14. The Labute approximate surface area is 112 Å². The molecule has 3 rings (SSSR count). The van der Waals surface area contributed by atoms with E-state index in [2.05, 4.69) is 4.90 Å². The third-order valence-electron chi connectivity index (χ3n) is 3.62.